The zero-order valence-corrected chi connectivity index (χ0v) is 30.7. The Kier molecular flexibility index (Phi) is 38.2. The van der Waals surface area contributed by atoms with Gasteiger partial charge in [-0.25, -0.2) is 0 Å². The van der Waals surface area contributed by atoms with Crippen LogP contribution in [0.3, 0.4) is 0 Å². The van der Waals surface area contributed by atoms with E-state index in [2.05, 4.69) is 31.2 Å². The molecule has 0 aromatic rings. The molecule has 4 nitrogen and oxygen atoms in total. The standard InChI is InChI=1S/C42H78O4/c1-2-3-4-5-6-7-8-9-17-21-24-27-30-33-36-39-42(45)46-40-37-34-31-28-25-22-19-16-14-12-10-11-13-15-18-20-23-26-29-32-35-38-41(43)44/h6-7,9,17H,2-5,8,10-16,18-40H2,1H3,(H,43,44)/b7-6-,17-9-. The molecule has 0 aromatic carbocycles. The predicted molar refractivity (Wildman–Crippen MR) is 200 cm³/mol. The first-order chi connectivity index (χ1) is 22.7. The Morgan fingerprint density at radius 1 is 0.435 bits per heavy atom. The Balaban J connectivity index is 3.19. The minimum atomic E-state index is -0.659. The van der Waals surface area contributed by atoms with Crippen molar-refractivity contribution >= 4 is 11.9 Å². The monoisotopic (exact) mass is 647 g/mol. The lowest BCUT2D eigenvalue weighted by Gasteiger charge is -2.06. The largest absolute Gasteiger partial charge is 0.481 e. The SMILES string of the molecule is CCCCC/C=C\C/C=C\CCCCCCCC(=O)OCCCCCCCCCCCCCCCCCCCCCCCC(=O)O. The molecule has 270 valence electrons. The number of carboxylic acid groups (broad SMARTS) is 1. The first kappa shape index (κ1) is 44.4. The van der Waals surface area contributed by atoms with E-state index in [4.69, 9.17) is 9.84 Å². The molecule has 0 fully saturated rings. The molecule has 0 aromatic heterocycles. The van der Waals surface area contributed by atoms with Crippen molar-refractivity contribution in [3.05, 3.63) is 24.3 Å². The highest BCUT2D eigenvalue weighted by Crippen LogP contribution is 2.15. The molecule has 0 heterocycles. The van der Waals surface area contributed by atoms with Crippen LogP contribution in [0.4, 0.5) is 0 Å². The van der Waals surface area contributed by atoms with Gasteiger partial charge in [0.2, 0.25) is 0 Å². The zero-order valence-electron chi connectivity index (χ0n) is 30.7. The summed E-state index contributed by atoms with van der Waals surface area (Å²) >= 11 is 0. The van der Waals surface area contributed by atoms with Gasteiger partial charge in [0.15, 0.2) is 0 Å². The van der Waals surface area contributed by atoms with Gasteiger partial charge in [-0.3, -0.25) is 9.59 Å². The fraction of sp³-hybridized carbons (Fsp3) is 0.857. The molecular formula is C42H78O4. The molecule has 0 spiro atoms. The highest BCUT2D eigenvalue weighted by Gasteiger charge is 2.03. The number of carbonyl (C=O) groups is 2. The summed E-state index contributed by atoms with van der Waals surface area (Å²) in [5.41, 5.74) is 0. The molecule has 1 N–H and O–H groups in total. The molecule has 0 unspecified atom stereocenters. The molecule has 0 saturated carbocycles. The maximum atomic E-state index is 12.0. The van der Waals surface area contributed by atoms with Gasteiger partial charge in [0, 0.05) is 12.8 Å². The third-order valence-corrected chi connectivity index (χ3v) is 9.13. The molecule has 0 atom stereocenters. The van der Waals surface area contributed by atoms with E-state index in [9.17, 15) is 9.59 Å². The average molecular weight is 647 g/mol. The summed E-state index contributed by atoms with van der Waals surface area (Å²) in [7, 11) is 0. The summed E-state index contributed by atoms with van der Waals surface area (Å²) in [5.74, 6) is -0.659. The number of allylic oxidation sites excluding steroid dienone is 4. The molecule has 0 radical (unpaired) electrons. The van der Waals surface area contributed by atoms with Crippen LogP contribution >= 0.6 is 0 Å². The smallest absolute Gasteiger partial charge is 0.305 e. The molecule has 4 heteroatoms. The summed E-state index contributed by atoms with van der Waals surface area (Å²) in [4.78, 5) is 22.4. The minimum Gasteiger partial charge on any atom is -0.481 e. The summed E-state index contributed by atoms with van der Waals surface area (Å²) in [5, 5.41) is 8.64. The second-order valence-corrected chi connectivity index (χ2v) is 13.8. The van der Waals surface area contributed by atoms with Crippen molar-refractivity contribution in [2.45, 2.75) is 225 Å². The third-order valence-electron chi connectivity index (χ3n) is 9.13. The average Bonchev–Trinajstić information content (AvgIpc) is 3.04. The van der Waals surface area contributed by atoms with Gasteiger partial charge in [0.05, 0.1) is 6.61 Å². The van der Waals surface area contributed by atoms with Crippen LogP contribution in [0.25, 0.3) is 0 Å². The fourth-order valence-electron chi connectivity index (χ4n) is 6.08. The normalized spacial score (nSPS) is 11.7. The van der Waals surface area contributed by atoms with Crippen molar-refractivity contribution in [3.8, 4) is 0 Å². The van der Waals surface area contributed by atoms with Crippen LogP contribution in [0.1, 0.15) is 225 Å². The van der Waals surface area contributed by atoms with E-state index in [0.717, 1.165) is 38.5 Å². The van der Waals surface area contributed by atoms with E-state index >= 15 is 0 Å². The molecule has 0 aliphatic carbocycles. The number of hydrogen-bond donors (Lipinski definition) is 1. The van der Waals surface area contributed by atoms with Crippen LogP contribution in [0.15, 0.2) is 24.3 Å². The first-order valence-electron chi connectivity index (χ1n) is 20.3. The summed E-state index contributed by atoms with van der Waals surface area (Å²) in [6.07, 6.45) is 50.6. The van der Waals surface area contributed by atoms with Crippen LogP contribution in [0, 0.1) is 0 Å². The molecular weight excluding hydrogens is 568 g/mol. The van der Waals surface area contributed by atoms with E-state index in [-0.39, 0.29) is 5.97 Å². The van der Waals surface area contributed by atoms with Crippen molar-refractivity contribution in [1.82, 2.24) is 0 Å². The summed E-state index contributed by atoms with van der Waals surface area (Å²) < 4.78 is 5.44. The number of carbonyl (C=O) groups excluding carboxylic acids is 1. The molecule has 0 saturated heterocycles. The lowest BCUT2D eigenvalue weighted by Crippen LogP contribution is -2.05. The van der Waals surface area contributed by atoms with Crippen LogP contribution in [-0.2, 0) is 14.3 Å². The van der Waals surface area contributed by atoms with Gasteiger partial charge in [-0.1, -0.05) is 185 Å². The van der Waals surface area contributed by atoms with Gasteiger partial charge in [0.25, 0.3) is 0 Å². The van der Waals surface area contributed by atoms with Gasteiger partial charge in [-0.15, -0.1) is 0 Å². The summed E-state index contributed by atoms with van der Waals surface area (Å²) in [6.45, 7) is 2.86. The van der Waals surface area contributed by atoms with Gasteiger partial charge in [-0.05, 0) is 51.4 Å². The molecule has 0 amide bonds. The van der Waals surface area contributed by atoms with Crippen molar-refractivity contribution < 1.29 is 19.4 Å². The van der Waals surface area contributed by atoms with Crippen molar-refractivity contribution in [2.24, 2.45) is 0 Å². The maximum Gasteiger partial charge on any atom is 0.305 e. The number of rotatable bonds is 38. The van der Waals surface area contributed by atoms with E-state index in [1.165, 1.54) is 167 Å². The van der Waals surface area contributed by atoms with E-state index < -0.39 is 5.97 Å². The molecule has 0 bridgehead atoms. The summed E-state index contributed by atoms with van der Waals surface area (Å²) in [6, 6.07) is 0. The van der Waals surface area contributed by atoms with Gasteiger partial charge < -0.3 is 9.84 Å². The predicted octanol–water partition coefficient (Wildman–Crippen LogP) is 14.0. The highest BCUT2D eigenvalue weighted by atomic mass is 16.5. The van der Waals surface area contributed by atoms with E-state index in [1.807, 2.05) is 0 Å². The Labute approximate surface area is 287 Å². The Hall–Kier alpha value is -1.58. The number of ether oxygens (including phenoxy) is 1. The lowest BCUT2D eigenvalue weighted by atomic mass is 10.0. The van der Waals surface area contributed by atoms with Crippen molar-refractivity contribution in [1.29, 1.82) is 0 Å². The Morgan fingerprint density at radius 2 is 0.783 bits per heavy atom. The Morgan fingerprint density at radius 3 is 1.20 bits per heavy atom. The lowest BCUT2D eigenvalue weighted by molar-refractivity contribution is -0.144. The maximum absolute atomic E-state index is 12.0. The van der Waals surface area contributed by atoms with E-state index in [1.54, 1.807) is 0 Å². The Bertz CT molecular complexity index is 683. The number of esters is 1. The van der Waals surface area contributed by atoms with Crippen LogP contribution in [0.5, 0.6) is 0 Å². The van der Waals surface area contributed by atoms with E-state index in [0.29, 0.717) is 19.4 Å². The van der Waals surface area contributed by atoms with Gasteiger partial charge >= 0.3 is 11.9 Å². The second-order valence-electron chi connectivity index (χ2n) is 13.8. The number of unbranched alkanes of at least 4 members (excludes halogenated alkanes) is 28. The van der Waals surface area contributed by atoms with Crippen molar-refractivity contribution in [3.63, 3.8) is 0 Å². The quantitative estimate of drug-likeness (QED) is 0.0412. The van der Waals surface area contributed by atoms with Gasteiger partial charge in [0.1, 0.15) is 0 Å². The fourth-order valence-corrected chi connectivity index (χ4v) is 6.08. The number of hydrogen-bond acceptors (Lipinski definition) is 3. The molecule has 0 aliphatic heterocycles. The third kappa shape index (κ3) is 40.4. The second kappa shape index (κ2) is 39.6. The van der Waals surface area contributed by atoms with Crippen molar-refractivity contribution in [2.75, 3.05) is 6.61 Å². The van der Waals surface area contributed by atoms with Crippen LogP contribution in [-0.4, -0.2) is 23.7 Å². The van der Waals surface area contributed by atoms with Crippen LogP contribution in [0.2, 0.25) is 0 Å². The minimum absolute atomic E-state index is 0.000362. The molecule has 0 aliphatic rings. The highest BCUT2D eigenvalue weighted by molar-refractivity contribution is 5.69. The number of carboxylic acids is 1. The number of aliphatic carboxylic acids is 1. The topological polar surface area (TPSA) is 63.6 Å². The molecule has 0 rings (SSSR count). The zero-order chi connectivity index (χ0) is 33.4. The van der Waals surface area contributed by atoms with Gasteiger partial charge in [-0.2, -0.15) is 0 Å². The van der Waals surface area contributed by atoms with Crippen LogP contribution < -0.4 is 0 Å². The molecule has 46 heavy (non-hydrogen) atoms. The first-order valence-corrected chi connectivity index (χ1v) is 20.3.